The van der Waals surface area contributed by atoms with Gasteiger partial charge in [-0.15, -0.1) is 0 Å². The summed E-state index contributed by atoms with van der Waals surface area (Å²) < 4.78 is 0. The summed E-state index contributed by atoms with van der Waals surface area (Å²) in [5.74, 6) is 0.00592. The van der Waals surface area contributed by atoms with Gasteiger partial charge in [0.2, 0.25) is 5.91 Å². The highest BCUT2D eigenvalue weighted by atomic mass is 16.1. The molecule has 1 N–H and O–H groups in total. The number of amides is 1. The Morgan fingerprint density at radius 3 is 2.64 bits per heavy atom. The first-order valence-electron chi connectivity index (χ1n) is 10.9. The number of benzene rings is 2. The number of likely N-dealkylation sites (tertiary alicyclic amines) is 1. The summed E-state index contributed by atoms with van der Waals surface area (Å²) in [4.78, 5) is 15.4. The van der Waals surface area contributed by atoms with Gasteiger partial charge < -0.3 is 5.32 Å². The Balaban J connectivity index is 1.44. The van der Waals surface area contributed by atoms with Crippen molar-refractivity contribution in [3.8, 4) is 0 Å². The van der Waals surface area contributed by atoms with E-state index in [2.05, 4.69) is 28.4 Å². The van der Waals surface area contributed by atoms with Gasteiger partial charge in [-0.2, -0.15) is 0 Å². The highest BCUT2D eigenvalue weighted by molar-refractivity contribution is 5.83. The van der Waals surface area contributed by atoms with Crippen molar-refractivity contribution in [2.75, 3.05) is 13.1 Å². The molecule has 0 spiro atoms. The van der Waals surface area contributed by atoms with Gasteiger partial charge in [-0.25, -0.2) is 0 Å². The maximum absolute atomic E-state index is 12.8. The Labute approximate surface area is 169 Å². The predicted molar refractivity (Wildman–Crippen MR) is 114 cm³/mol. The molecule has 2 atom stereocenters. The molecule has 3 heteroatoms. The Morgan fingerprint density at radius 2 is 1.86 bits per heavy atom. The average molecular weight is 377 g/mol. The van der Waals surface area contributed by atoms with E-state index in [1.165, 1.54) is 49.0 Å². The van der Waals surface area contributed by atoms with Gasteiger partial charge in [0.15, 0.2) is 0 Å². The summed E-state index contributed by atoms with van der Waals surface area (Å²) >= 11 is 0. The van der Waals surface area contributed by atoms with Gasteiger partial charge in [0.05, 0.1) is 12.0 Å². The van der Waals surface area contributed by atoms with Gasteiger partial charge in [0, 0.05) is 6.54 Å². The molecular formula is C25H32N2O. The number of carbonyl (C=O) groups excluding carboxylic acids is 1. The van der Waals surface area contributed by atoms with Gasteiger partial charge in [0.1, 0.15) is 0 Å². The van der Waals surface area contributed by atoms with Crippen LogP contribution < -0.4 is 5.32 Å². The monoisotopic (exact) mass is 376 g/mol. The SMILES string of the molecule is CC(C(=O)NC1CCCc2cc(CN3CCCCC3)ccc21)c1ccccc1. The Morgan fingerprint density at radius 1 is 1.07 bits per heavy atom. The van der Waals surface area contributed by atoms with Crippen LogP contribution in [-0.2, 0) is 17.8 Å². The fourth-order valence-electron chi connectivity index (χ4n) is 4.68. The van der Waals surface area contributed by atoms with Gasteiger partial charge >= 0.3 is 0 Å². The van der Waals surface area contributed by atoms with Crippen molar-refractivity contribution in [1.29, 1.82) is 0 Å². The molecule has 1 aliphatic carbocycles. The molecule has 2 aromatic carbocycles. The van der Waals surface area contributed by atoms with Crippen LogP contribution in [0, 0.1) is 0 Å². The van der Waals surface area contributed by atoms with Crippen LogP contribution in [0.25, 0.3) is 0 Å². The number of piperidine rings is 1. The van der Waals surface area contributed by atoms with Crippen molar-refractivity contribution in [2.45, 2.75) is 64.0 Å². The molecule has 1 amide bonds. The average Bonchev–Trinajstić information content (AvgIpc) is 2.74. The van der Waals surface area contributed by atoms with Crippen LogP contribution in [0.2, 0.25) is 0 Å². The molecule has 0 aromatic heterocycles. The van der Waals surface area contributed by atoms with E-state index in [1.807, 2.05) is 37.3 Å². The molecule has 4 rings (SSSR count). The van der Waals surface area contributed by atoms with Crippen LogP contribution in [0.4, 0.5) is 0 Å². The lowest BCUT2D eigenvalue weighted by molar-refractivity contribution is -0.123. The second-order valence-electron chi connectivity index (χ2n) is 8.46. The number of aryl methyl sites for hydroxylation is 1. The number of fused-ring (bicyclic) bond motifs is 1. The van der Waals surface area contributed by atoms with Crippen LogP contribution in [-0.4, -0.2) is 23.9 Å². The summed E-state index contributed by atoms with van der Waals surface area (Å²) in [6.45, 7) is 5.52. The molecule has 1 saturated heterocycles. The molecule has 2 aromatic rings. The maximum Gasteiger partial charge on any atom is 0.227 e. The molecule has 2 unspecified atom stereocenters. The minimum absolute atomic E-state index is 0.120. The van der Waals surface area contributed by atoms with Crippen LogP contribution in [0.5, 0.6) is 0 Å². The molecule has 148 valence electrons. The first-order valence-corrected chi connectivity index (χ1v) is 10.9. The summed E-state index contributed by atoms with van der Waals surface area (Å²) in [5, 5.41) is 3.32. The standard InChI is InChI=1S/C25H32N2O/c1-19(21-9-4-2-5-10-21)25(28)26-24-12-8-11-22-17-20(13-14-23(22)24)18-27-15-6-3-7-16-27/h2,4-5,9-10,13-14,17,19,24H,3,6-8,11-12,15-16,18H2,1H3,(H,26,28). The molecule has 1 fully saturated rings. The van der Waals surface area contributed by atoms with Crippen molar-refractivity contribution >= 4 is 5.91 Å². The zero-order chi connectivity index (χ0) is 19.3. The predicted octanol–water partition coefficient (Wildman–Crippen LogP) is 4.97. The fraction of sp³-hybridized carbons (Fsp3) is 0.480. The van der Waals surface area contributed by atoms with Crippen molar-refractivity contribution in [3.63, 3.8) is 0 Å². The lowest BCUT2D eigenvalue weighted by atomic mass is 9.86. The summed E-state index contributed by atoms with van der Waals surface area (Å²) in [5.41, 5.74) is 5.25. The van der Waals surface area contributed by atoms with Gasteiger partial charge in [-0.1, -0.05) is 55.0 Å². The summed E-state index contributed by atoms with van der Waals surface area (Å²) in [6.07, 6.45) is 7.35. The van der Waals surface area contributed by atoms with Crippen LogP contribution in [0.1, 0.15) is 73.2 Å². The van der Waals surface area contributed by atoms with Crippen molar-refractivity contribution in [2.24, 2.45) is 0 Å². The Hall–Kier alpha value is -2.13. The molecular weight excluding hydrogens is 344 g/mol. The first-order chi connectivity index (χ1) is 13.7. The number of rotatable bonds is 5. The molecule has 1 aliphatic heterocycles. The lowest BCUT2D eigenvalue weighted by Crippen LogP contribution is -2.34. The van der Waals surface area contributed by atoms with Gasteiger partial charge in [-0.3, -0.25) is 9.69 Å². The van der Waals surface area contributed by atoms with E-state index in [0.717, 1.165) is 31.4 Å². The third-order valence-electron chi connectivity index (χ3n) is 6.39. The third kappa shape index (κ3) is 4.47. The molecule has 0 bridgehead atoms. The molecule has 0 saturated carbocycles. The zero-order valence-electron chi connectivity index (χ0n) is 17.0. The number of carbonyl (C=O) groups is 1. The topological polar surface area (TPSA) is 32.3 Å². The second kappa shape index (κ2) is 8.91. The fourth-order valence-corrected chi connectivity index (χ4v) is 4.68. The second-order valence-corrected chi connectivity index (χ2v) is 8.46. The lowest BCUT2D eigenvalue weighted by Gasteiger charge is -2.30. The highest BCUT2D eigenvalue weighted by Gasteiger charge is 2.25. The molecule has 28 heavy (non-hydrogen) atoms. The quantitative estimate of drug-likeness (QED) is 0.799. The number of nitrogens with zero attached hydrogens (tertiary/aromatic N) is 1. The van der Waals surface area contributed by atoms with Crippen LogP contribution in [0.3, 0.4) is 0 Å². The summed E-state index contributed by atoms with van der Waals surface area (Å²) in [7, 11) is 0. The van der Waals surface area contributed by atoms with Crippen molar-refractivity contribution in [3.05, 3.63) is 70.8 Å². The Bertz CT molecular complexity index is 795. The van der Waals surface area contributed by atoms with E-state index in [-0.39, 0.29) is 17.9 Å². The van der Waals surface area contributed by atoms with E-state index in [9.17, 15) is 4.79 Å². The minimum atomic E-state index is -0.120. The molecule has 3 nitrogen and oxygen atoms in total. The number of hydrogen-bond acceptors (Lipinski definition) is 2. The molecule has 1 heterocycles. The van der Waals surface area contributed by atoms with Crippen molar-refractivity contribution in [1.82, 2.24) is 10.2 Å². The van der Waals surface area contributed by atoms with E-state index in [0.29, 0.717) is 0 Å². The van der Waals surface area contributed by atoms with Crippen LogP contribution in [0.15, 0.2) is 48.5 Å². The zero-order valence-corrected chi connectivity index (χ0v) is 17.0. The largest absolute Gasteiger partial charge is 0.349 e. The van der Waals surface area contributed by atoms with E-state index < -0.39 is 0 Å². The highest BCUT2D eigenvalue weighted by Crippen LogP contribution is 2.31. The van der Waals surface area contributed by atoms with Gasteiger partial charge in [0.25, 0.3) is 0 Å². The first kappa shape index (κ1) is 19.2. The van der Waals surface area contributed by atoms with Crippen molar-refractivity contribution < 1.29 is 4.79 Å². The summed E-state index contributed by atoms with van der Waals surface area (Å²) in [6, 6.07) is 17.1. The maximum atomic E-state index is 12.8. The number of hydrogen-bond donors (Lipinski definition) is 1. The smallest absolute Gasteiger partial charge is 0.227 e. The molecule has 2 aliphatic rings. The van der Waals surface area contributed by atoms with E-state index in [4.69, 9.17) is 0 Å². The Kier molecular flexibility index (Phi) is 6.11. The third-order valence-corrected chi connectivity index (χ3v) is 6.39. The normalized spacial score (nSPS) is 21.0. The van der Waals surface area contributed by atoms with E-state index >= 15 is 0 Å². The number of nitrogens with one attached hydrogen (secondary N) is 1. The van der Waals surface area contributed by atoms with Gasteiger partial charge in [-0.05, 0) is 74.4 Å². The van der Waals surface area contributed by atoms with Crippen LogP contribution >= 0.6 is 0 Å². The minimum Gasteiger partial charge on any atom is -0.349 e. The molecule has 0 radical (unpaired) electrons. The van der Waals surface area contributed by atoms with E-state index in [1.54, 1.807) is 0 Å².